The molecule has 0 unspecified atom stereocenters. The molecule has 8 aromatic rings. The van der Waals surface area contributed by atoms with Crippen LogP contribution in [-0.2, 0) is 6.37 Å². The lowest BCUT2D eigenvalue weighted by molar-refractivity contribution is 0.463. The van der Waals surface area contributed by atoms with Crippen LogP contribution in [0.3, 0.4) is 0 Å². The highest BCUT2D eigenvalue weighted by molar-refractivity contribution is 7.24. The number of imidazole rings is 1. The predicted molar refractivity (Wildman–Crippen MR) is 212 cm³/mol. The Kier molecular flexibility index (Phi) is 4.84. The third kappa shape index (κ3) is 4.59. The van der Waals surface area contributed by atoms with Gasteiger partial charge in [0.15, 0.2) is 10.7 Å². The number of nitrogens with zero attached hydrogens (tertiary/aromatic N) is 2. The summed E-state index contributed by atoms with van der Waals surface area (Å²) in [5.41, 5.74) is 2.16. The molecule has 2 aromatic heterocycles. The third-order valence-corrected chi connectivity index (χ3v) is 13.1. The monoisotopic (exact) mass is 697 g/mol. The maximum absolute atomic E-state index is 9.13. The minimum Gasteiger partial charge on any atom is -0.537 e. The first-order chi connectivity index (χ1) is 28.6. The standard InChI is InChI=1S/C44H38N2O2SSi/c1-7-29-23-25-31(28(4)41(29)33-15-12-18-36-43(33)49-44-45-34-16-8-9-17-35(34)46(36)44)30-24-22-26(2)40(27(30)3)32-14-13-21-39-42(32)47-37-19-10-11-20-38(37)48-50(39,5)6/h8-25H,7H2,1-6H3/i2D3,3D3,4D3,7D2. The maximum atomic E-state index is 9.13. The SMILES string of the molecule is [2H]C([2H])([2H])c1ccc(-c2ccc(C([2H])([2H])C)c(-c3cccc4c3sc3nc5ccccc5n34)c2C([2H])([2H])[2H])c(C([2H])([2H])[2H])c1-c1cccc2c1Oc1ccccc1O[Si]2(C)C. The van der Waals surface area contributed by atoms with Gasteiger partial charge in [-0.15, -0.1) is 0 Å². The van der Waals surface area contributed by atoms with E-state index in [9.17, 15) is 0 Å². The molecular weight excluding hydrogens is 649 g/mol. The van der Waals surface area contributed by atoms with Gasteiger partial charge in [0.1, 0.15) is 11.5 Å². The van der Waals surface area contributed by atoms with Gasteiger partial charge in [0.25, 0.3) is 8.32 Å². The van der Waals surface area contributed by atoms with Crippen LogP contribution >= 0.6 is 11.3 Å². The fraction of sp³-hybridized carbons (Fsp3) is 0.159. The lowest BCUT2D eigenvalue weighted by Crippen LogP contribution is -2.47. The Morgan fingerprint density at radius 1 is 0.720 bits per heavy atom. The van der Waals surface area contributed by atoms with Crippen molar-refractivity contribution in [2.45, 2.75) is 46.9 Å². The molecule has 0 fully saturated rings. The summed E-state index contributed by atoms with van der Waals surface area (Å²) < 4.78 is 115. The first-order valence-corrected chi connectivity index (χ1v) is 20.0. The lowest BCUT2D eigenvalue weighted by atomic mass is 9.84. The second kappa shape index (κ2) is 11.4. The van der Waals surface area contributed by atoms with Gasteiger partial charge in [-0.05, 0) is 115 Å². The van der Waals surface area contributed by atoms with E-state index in [0.717, 1.165) is 16.6 Å². The number of hydrogen-bond donors (Lipinski definition) is 0. The number of hydrogen-bond acceptors (Lipinski definition) is 4. The van der Waals surface area contributed by atoms with Crippen LogP contribution in [0.5, 0.6) is 17.2 Å². The summed E-state index contributed by atoms with van der Waals surface area (Å²) in [7, 11) is -2.85. The summed E-state index contributed by atoms with van der Waals surface area (Å²) in [6.45, 7) is -3.46. The molecule has 0 bridgehead atoms. The van der Waals surface area contributed by atoms with Crippen LogP contribution in [0, 0.1) is 20.6 Å². The second-order valence-electron chi connectivity index (χ2n) is 12.9. The zero-order chi connectivity index (χ0) is 43.6. The third-order valence-electron chi connectivity index (χ3n) is 9.56. The highest BCUT2D eigenvalue weighted by Gasteiger charge is 2.36. The van der Waals surface area contributed by atoms with Gasteiger partial charge in [0, 0.05) is 31.4 Å². The predicted octanol–water partition coefficient (Wildman–Crippen LogP) is 11.8. The zero-order valence-corrected chi connectivity index (χ0v) is 29.3. The Labute approximate surface area is 313 Å². The molecule has 3 heterocycles. The number of fused-ring (bicyclic) bond motifs is 7. The average Bonchev–Trinajstić information content (AvgIpc) is 3.69. The largest absolute Gasteiger partial charge is 0.537 e. The van der Waals surface area contributed by atoms with Gasteiger partial charge < -0.3 is 9.16 Å². The van der Waals surface area contributed by atoms with Gasteiger partial charge >= 0.3 is 0 Å². The number of rotatable bonds is 4. The smallest absolute Gasteiger partial charge is 0.280 e. The van der Waals surface area contributed by atoms with Crippen molar-refractivity contribution in [3.8, 4) is 50.6 Å². The topological polar surface area (TPSA) is 35.8 Å². The minimum atomic E-state index is -3.01. The van der Waals surface area contributed by atoms with E-state index >= 15 is 0 Å². The van der Waals surface area contributed by atoms with E-state index in [1.54, 1.807) is 42.5 Å². The summed E-state index contributed by atoms with van der Waals surface area (Å²) in [4.78, 5) is 5.49. The van der Waals surface area contributed by atoms with Gasteiger partial charge in [-0.25, -0.2) is 4.98 Å². The Hall–Kier alpha value is -5.17. The highest BCUT2D eigenvalue weighted by Crippen LogP contribution is 2.46. The Balaban J connectivity index is 1.41. The molecule has 9 rings (SSSR count). The van der Waals surface area contributed by atoms with Gasteiger partial charge in [0.05, 0.1) is 21.3 Å². The van der Waals surface area contributed by atoms with E-state index < -0.39 is 35.2 Å². The molecule has 0 saturated heterocycles. The molecule has 0 aliphatic carbocycles. The fourth-order valence-corrected chi connectivity index (χ4v) is 10.4. The van der Waals surface area contributed by atoms with Crippen molar-refractivity contribution in [2.75, 3.05) is 0 Å². The molecule has 0 amide bonds. The molecule has 0 radical (unpaired) electrons. The molecule has 4 nitrogen and oxygen atoms in total. The summed E-state index contributed by atoms with van der Waals surface area (Å²) in [5.74, 6) is 1.12. The zero-order valence-electron chi connectivity index (χ0n) is 38.5. The number of aromatic nitrogens is 2. The average molecular weight is 698 g/mol. The molecule has 6 heteroatoms. The van der Waals surface area contributed by atoms with E-state index in [4.69, 9.17) is 29.2 Å². The number of ether oxygens (including phenoxy) is 1. The van der Waals surface area contributed by atoms with Gasteiger partial charge in [0.2, 0.25) is 0 Å². The van der Waals surface area contributed by atoms with Crippen molar-refractivity contribution < 1.29 is 24.2 Å². The molecule has 6 aromatic carbocycles. The van der Waals surface area contributed by atoms with E-state index in [1.807, 2.05) is 60.0 Å². The Morgan fingerprint density at radius 2 is 1.44 bits per heavy atom. The van der Waals surface area contributed by atoms with Crippen LogP contribution < -0.4 is 14.3 Å². The summed E-state index contributed by atoms with van der Waals surface area (Å²) in [5, 5.41) is 0.669. The molecular formula is C44H38N2O2SSi. The number of benzene rings is 6. The van der Waals surface area contributed by atoms with E-state index in [-0.39, 0.29) is 55.8 Å². The maximum Gasteiger partial charge on any atom is 0.280 e. The van der Waals surface area contributed by atoms with Crippen LogP contribution in [0.2, 0.25) is 13.1 Å². The number of para-hydroxylation sites is 5. The Morgan fingerprint density at radius 3 is 2.26 bits per heavy atom. The summed E-state index contributed by atoms with van der Waals surface area (Å²) in [6.07, 6.45) is -2.06. The lowest BCUT2D eigenvalue weighted by Gasteiger charge is -2.25. The molecule has 0 saturated carbocycles. The van der Waals surface area contributed by atoms with Crippen LogP contribution in [0.15, 0.2) is 109 Å². The van der Waals surface area contributed by atoms with Gasteiger partial charge in [-0.1, -0.05) is 97.1 Å². The Bertz CT molecular complexity index is 3090. The van der Waals surface area contributed by atoms with Crippen molar-refractivity contribution in [1.29, 1.82) is 0 Å². The normalized spacial score (nSPS) is 17.9. The minimum absolute atomic E-state index is 0.00239. The van der Waals surface area contributed by atoms with Crippen LogP contribution in [-0.4, -0.2) is 17.7 Å². The molecule has 1 aliphatic rings. The van der Waals surface area contributed by atoms with Crippen molar-refractivity contribution in [3.63, 3.8) is 0 Å². The van der Waals surface area contributed by atoms with E-state index in [2.05, 4.69) is 0 Å². The molecule has 50 heavy (non-hydrogen) atoms. The van der Waals surface area contributed by atoms with Crippen molar-refractivity contribution in [3.05, 3.63) is 131 Å². The van der Waals surface area contributed by atoms with Crippen LogP contribution in [0.1, 0.15) is 44.3 Å². The summed E-state index contributed by atoms with van der Waals surface area (Å²) >= 11 is 1.34. The van der Waals surface area contributed by atoms with Gasteiger partial charge in [-0.3, -0.25) is 4.40 Å². The summed E-state index contributed by atoms with van der Waals surface area (Å²) in [6, 6.07) is 31.1. The first kappa shape index (κ1) is 21.1. The van der Waals surface area contributed by atoms with Crippen molar-refractivity contribution in [1.82, 2.24) is 9.38 Å². The highest BCUT2D eigenvalue weighted by atomic mass is 32.1. The molecule has 246 valence electrons. The van der Waals surface area contributed by atoms with E-state index in [0.29, 0.717) is 31.9 Å². The number of aryl methyl sites for hydroxylation is 2. The van der Waals surface area contributed by atoms with Crippen molar-refractivity contribution in [2.24, 2.45) is 0 Å². The van der Waals surface area contributed by atoms with E-state index in [1.165, 1.54) is 42.5 Å². The fourth-order valence-electron chi connectivity index (χ4n) is 7.20. The first-order valence-electron chi connectivity index (χ1n) is 21.8. The van der Waals surface area contributed by atoms with Crippen LogP contribution in [0.4, 0.5) is 0 Å². The molecule has 0 spiro atoms. The van der Waals surface area contributed by atoms with Crippen molar-refractivity contribution >= 4 is 51.1 Å². The quantitative estimate of drug-likeness (QED) is 0.172. The molecule has 0 atom stereocenters. The number of thiazole rings is 1. The second-order valence-corrected chi connectivity index (χ2v) is 17.6. The van der Waals surface area contributed by atoms with Crippen LogP contribution in [0.25, 0.3) is 59.6 Å². The van der Waals surface area contributed by atoms with Gasteiger partial charge in [-0.2, -0.15) is 0 Å². The molecule has 0 N–H and O–H groups in total. The molecule has 1 aliphatic heterocycles.